The highest BCUT2D eigenvalue weighted by molar-refractivity contribution is 5.13. The number of ether oxygens (including phenoxy) is 3. The number of benzene rings is 1. The molecule has 152 valence electrons. The van der Waals surface area contributed by atoms with Crippen LogP contribution in [0.2, 0.25) is 0 Å². The Morgan fingerprint density at radius 3 is 2.52 bits per heavy atom. The van der Waals surface area contributed by atoms with Crippen LogP contribution in [-0.2, 0) is 20.8 Å². The normalized spacial score (nSPS) is 26.6. The molecule has 3 rings (SSSR count). The molecule has 0 unspecified atom stereocenters. The van der Waals surface area contributed by atoms with Crippen LogP contribution in [0.25, 0.3) is 0 Å². The lowest BCUT2D eigenvalue weighted by Crippen LogP contribution is -2.44. The molecule has 0 aromatic heterocycles. The summed E-state index contributed by atoms with van der Waals surface area (Å²) in [5.41, 5.74) is 1.11. The Labute approximate surface area is 162 Å². The first-order valence-electron chi connectivity index (χ1n) is 10.3. The molecule has 1 saturated carbocycles. The van der Waals surface area contributed by atoms with Crippen LogP contribution in [0.5, 0.6) is 0 Å². The molecule has 5 heteroatoms. The van der Waals surface area contributed by atoms with Gasteiger partial charge in [-0.15, -0.1) is 0 Å². The Morgan fingerprint density at radius 2 is 1.81 bits per heavy atom. The van der Waals surface area contributed by atoms with Crippen molar-refractivity contribution in [2.45, 2.75) is 76.7 Å². The largest absolute Gasteiger partial charge is 0.392 e. The van der Waals surface area contributed by atoms with Crippen LogP contribution in [0.1, 0.15) is 51.5 Å². The molecule has 1 spiro atoms. The van der Waals surface area contributed by atoms with E-state index < -0.39 is 18.0 Å². The summed E-state index contributed by atoms with van der Waals surface area (Å²) in [4.78, 5) is 0. The predicted octanol–water partition coefficient (Wildman–Crippen LogP) is 3.27. The molecule has 5 atom stereocenters. The van der Waals surface area contributed by atoms with E-state index in [0.717, 1.165) is 31.2 Å². The third-order valence-electron chi connectivity index (χ3n) is 6.03. The maximum absolute atomic E-state index is 10.7. The molecule has 5 nitrogen and oxygen atoms in total. The van der Waals surface area contributed by atoms with Gasteiger partial charge in [0.2, 0.25) is 0 Å². The van der Waals surface area contributed by atoms with E-state index in [4.69, 9.17) is 14.2 Å². The highest BCUT2D eigenvalue weighted by Crippen LogP contribution is 2.39. The number of aliphatic hydroxyl groups excluding tert-OH is 2. The molecule has 1 aromatic rings. The van der Waals surface area contributed by atoms with Gasteiger partial charge in [0.1, 0.15) is 6.10 Å². The molecule has 1 heterocycles. The van der Waals surface area contributed by atoms with Gasteiger partial charge in [-0.25, -0.2) is 0 Å². The summed E-state index contributed by atoms with van der Waals surface area (Å²) in [6, 6.07) is 9.99. The van der Waals surface area contributed by atoms with E-state index in [9.17, 15) is 10.2 Å². The van der Waals surface area contributed by atoms with Crippen molar-refractivity contribution in [1.29, 1.82) is 0 Å². The van der Waals surface area contributed by atoms with Gasteiger partial charge >= 0.3 is 0 Å². The lowest BCUT2D eigenvalue weighted by atomic mass is 9.87. The van der Waals surface area contributed by atoms with E-state index in [1.165, 1.54) is 6.42 Å². The monoisotopic (exact) mass is 378 g/mol. The maximum atomic E-state index is 10.7. The smallest absolute Gasteiger partial charge is 0.169 e. The first-order valence-corrected chi connectivity index (χ1v) is 10.3. The second kappa shape index (κ2) is 9.48. The molecule has 1 aromatic carbocycles. The summed E-state index contributed by atoms with van der Waals surface area (Å²) in [6.45, 7) is 5.19. The Kier molecular flexibility index (Phi) is 7.29. The zero-order valence-corrected chi connectivity index (χ0v) is 16.5. The third kappa shape index (κ3) is 5.30. The maximum Gasteiger partial charge on any atom is 0.169 e. The minimum absolute atomic E-state index is 0.0793. The van der Waals surface area contributed by atoms with Crippen LogP contribution < -0.4 is 0 Å². The summed E-state index contributed by atoms with van der Waals surface area (Å²) in [6.07, 6.45) is 3.45. The van der Waals surface area contributed by atoms with Gasteiger partial charge in [-0.05, 0) is 18.4 Å². The van der Waals surface area contributed by atoms with Gasteiger partial charge in [-0.2, -0.15) is 0 Å². The second-order valence-corrected chi connectivity index (χ2v) is 8.26. The molecule has 2 fully saturated rings. The van der Waals surface area contributed by atoms with Crippen molar-refractivity contribution in [3.63, 3.8) is 0 Å². The number of aliphatic hydroxyl groups is 2. The quantitative estimate of drug-likeness (QED) is 0.727. The highest BCUT2D eigenvalue weighted by atomic mass is 16.7. The molecule has 0 amide bonds. The average molecular weight is 379 g/mol. The summed E-state index contributed by atoms with van der Waals surface area (Å²) in [5.74, 6) is -0.893. The molecular weight excluding hydrogens is 344 g/mol. The SMILES string of the molecule is C[C@H]([C@@H](O)[C@@H](C)COCc1ccccc1)[C@H](O)[C@@H]1COC2(CCCCC2)O1. The molecule has 27 heavy (non-hydrogen) atoms. The van der Waals surface area contributed by atoms with Crippen molar-refractivity contribution in [2.24, 2.45) is 11.8 Å². The first kappa shape index (κ1) is 20.7. The van der Waals surface area contributed by atoms with Crippen LogP contribution in [-0.4, -0.2) is 47.5 Å². The summed E-state index contributed by atoms with van der Waals surface area (Å²) >= 11 is 0. The fourth-order valence-corrected chi connectivity index (χ4v) is 4.19. The fourth-order valence-electron chi connectivity index (χ4n) is 4.19. The molecule has 0 bridgehead atoms. The molecule has 1 saturated heterocycles. The van der Waals surface area contributed by atoms with Gasteiger partial charge in [0.25, 0.3) is 0 Å². The number of hydrogen-bond acceptors (Lipinski definition) is 5. The molecule has 2 N–H and O–H groups in total. The fraction of sp³-hybridized carbons (Fsp3) is 0.727. The van der Waals surface area contributed by atoms with Gasteiger partial charge in [0.15, 0.2) is 5.79 Å². The van der Waals surface area contributed by atoms with Gasteiger partial charge < -0.3 is 24.4 Å². The van der Waals surface area contributed by atoms with E-state index in [1.54, 1.807) is 0 Å². The van der Waals surface area contributed by atoms with E-state index in [1.807, 2.05) is 44.2 Å². The van der Waals surface area contributed by atoms with Crippen molar-refractivity contribution in [1.82, 2.24) is 0 Å². The van der Waals surface area contributed by atoms with Crippen LogP contribution in [0.15, 0.2) is 30.3 Å². The van der Waals surface area contributed by atoms with Crippen molar-refractivity contribution in [3.05, 3.63) is 35.9 Å². The van der Waals surface area contributed by atoms with Crippen LogP contribution in [0.3, 0.4) is 0 Å². The Balaban J connectivity index is 1.45. The minimum atomic E-state index is -0.752. The van der Waals surface area contributed by atoms with E-state index in [2.05, 4.69) is 0 Å². The van der Waals surface area contributed by atoms with Crippen molar-refractivity contribution in [2.75, 3.05) is 13.2 Å². The van der Waals surface area contributed by atoms with Crippen LogP contribution >= 0.6 is 0 Å². The average Bonchev–Trinajstić information content (AvgIpc) is 3.10. The lowest BCUT2D eigenvalue weighted by Gasteiger charge is -2.34. The number of rotatable bonds is 8. The Bertz CT molecular complexity index is 557. The predicted molar refractivity (Wildman–Crippen MR) is 103 cm³/mol. The van der Waals surface area contributed by atoms with Gasteiger partial charge in [-0.1, -0.05) is 50.6 Å². The molecular formula is C22H34O5. The van der Waals surface area contributed by atoms with E-state index in [-0.39, 0.29) is 17.9 Å². The van der Waals surface area contributed by atoms with Gasteiger partial charge in [0.05, 0.1) is 32.0 Å². The summed E-state index contributed by atoms with van der Waals surface area (Å²) in [7, 11) is 0. The zero-order chi connectivity index (χ0) is 19.3. The van der Waals surface area contributed by atoms with Crippen LogP contribution in [0, 0.1) is 11.8 Å². The lowest BCUT2D eigenvalue weighted by molar-refractivity contribution is -0.200. The van der Waals surface area contributed by atoms with Gasteiger partial charge in [-0.3, -0.25) is 0 Å². The van der Waals surface area contributed by atoms with Crippen molar-refractivity contribution in [3.8, 4) is 0 Å². The Hall–Kier alpha value is -0.980. The van der Waals surface area contributed by atoms with E-state index in [0.29, 0.717) is 19.8 Å². The zero-order valence-electron chi connectivity index (χ0n) is 16.5. The van der Waals surface area contributed by atoms with Crippen LogP contribution in [0.4, 0.5) is 0 Å². The molecule has 1 aliphatic carbocycles. The van der Waals surface area contributed by atoms with E-state index >= 15 is 0 Å². The highest BCUT2D eigenvalue weighted by Gasteiger charge is 2.46. The Morgan fingerprint density at radius 1 is 1.11 bits per heavy atom. The van der Waals surface area contributed by atoms with Crippen molar-refractivity contribution >= 4 is 0 Å². The number of hydrogen-bond donors (Lipinski definition) is 2. The standard InChI is InChI=1S/C22H34O5/c1-16(13-25-14-18-9-5-3-6-10-18)20(23)17(2)21(24)19-15-26-22(27-19)11-7-4-8-12-22/h3,5-6,9-10,16-17,19-21,23-24H,4,7-8,11-15H2,1-2H3/t16-,17+,19-,20-,21-/m0/s1. The van der Waals surface area contributed by atoms with Gasteiger partial charge in [0, 0.05) is 24.7 Å². The third-order valence-corrected chi connectivity index (χ3v) is 6.03. The minimum Gasteiger partial charge on any atom is -0.392 e. The second-order valence-electron chi connectivity index (χ2n) is 8.26. The topological polar surface area (TPSA) is 68.2 Å². The summed E-state index contributed by atoms with van der Waals surface area (Å²) < 4.78 is 17.8. The molecule has 1 aliphatic heterocycles. The summed E-state index contributed by atoms with van der Waals surface area (Å²) in [5, 5.41) is 21.4. The van der Waals surface area contributed by atoms with Crippen molar-refractivity contribution < 1.29 is 24.4 Å². The molecule has 0 radical (unpaired) electrons. The first-order chi connectivity index (χ1) is 13.0. The molecule has 2 aliphatic rings.